The number of hydrogen-bond acceptors (Lipinski definition) is 4. The fourth-order valence-corrected chi connectivity index (χ4v) is 4.93. The Kier molecular flexibility index (Phi) is 8.95. The number of carbonyl (C=O) groups excluding carboxylic acids is 1. The van der Waals surface area contributed by atoms with E-state index in [-0.39, 0.29) is 11.5 Å². The van der Waals surface area contributed by atoms with E-state index in [1.807, 2.05) is 78.6 Å². The largest absolute Gasteiger partial charge is 0.497 e. The third-order valence-corrected chi connectivity index (χ3v) is 7.09. The molecule has 0 fully saturated rings. The number of fused-ring (bicyclic) bond motifs is 1. The van der Waals surface area contributed by atoms with Crippen LogP contribution in [0.4, 0.5) is 0 Å². The summed E-state index contributed by atoms with van der Waals surface area (Å²) >= 11 is 0. The molecule has 3 aromatic carbocycles. The number of rotatable bonds is 11. The molecule has 6 nitrogen and oxygen atoms in total. The molecule has 0 spiro atoms. The first-order chi connectivity index (χ1) is 18.5. The van der Waals surface area contributed by atoms with E-state index in [4.69, 9.17) is 9.72 Å². The van der Waals surface area contributed by atoms with Gasteiger partial charge in [0.15, 0.2) is 0 Å². The molecular weight excluding hydrogens is 474 g/mol. The molecule has 4 aromatic rings. The van der Waals surface area contributed by atoms with Crippen LogP contribution < -0.4 is 10.3 Å². The number of hydrogen-bond donors (Lipinski definition) is 0. The summed E-state index contributed by atoms with van der Waals surface area (Å²) in [5.74, 6) is 1.08. The third-order valence-electron chi connectivity index (χ3n) is 7.09. The van der Waals surface area contributed by atoms with Crippen LogP contribution in [0.2, 0.25) is 0 Å². The fraction of sp³-hybridized carbons (Fsp3) is 0.344. The highest BCUT2D eigenvalue weighted by molar-refractivity contribution is 5.95. The maximum absolute atomic E-state index is 14.0. The quantitative estimate of drug-likeness (QED) is 0.209. The van der Waals surface area contributed by atoms with E-state index >= 15 is 0 Å². The zero-order valence-electron chi connectivity index (χ0n) is 22.8. The van der Waals surface area contributed by atoms with Crippen molar-refractivity contribution in [3.63, 3.8) is 0 Å². The summed E-state index contributed by atoms with van der Waals surface area (Å²) in [6.07, 6.45) is 4.89. The van der Waals surface area contributed by atoms with Crippen molar-refractivity contribution in [2.24, 2.45) is 0 Å². The molecule has 0 N–H and O–H groups in total. The van der Waals surface area contributed by atoms with E-state index in [0.29, 0.717) is 34.6 Å². The molecule has 198 valence electrons. The lowest BCUT2D eigenvalue weighted by atomic mass is 10.1. The van der Waals surface area contributed by atoms with Gasteiger partial charge in [0, 0.05) is 12.1 Å². The first kappa shape index (κ1) is 27.1. The minimum Gasteiger partial charge on any atom is -0.497 e. The second kappa shape index (κ2) is 12.5. The van der Waals surface area contributed by atoms with Crippen molar-refractivity contribution in [2.45, 2.75) is 58.9 Å². The average Bonchev–Trinajstić information content (AvgIpc) is 2.96. The van der Waals surface area contributed by atoms with Gasteiger partial charge in [0.25, 0.3) is 11.5 Å². The van der Waals surface area contributed by atoms with Crippen molar-refractivity contribution in [2.75, 3.05) is 13.7 Å². The Morgan fingerprint density at radius 1 is 0.974 bits per heavy atom. The molecule has 6 heteroatoms. The number of ether oxygens (including phenoxy) is 1. The summed E-state index contributed by atoms with van der Waals surface area (Å²) in [6.45, 7) is 6.79. The van der Waals surface area contributed by atoms with Crippen molar-refractivity contribution < 1.29 is 9.53 Å². The highest BCUT2D eigenvalue weighted by Crippen LogP contribution is 2.27. The summed E-state index contributed by atoms with van der Waals surface area (Å²) in [5, 5.41) is 0.558. The standard InChI is InChI=1S/C32H37N3O3/c1-5-7-8-13-21-34(31(36)25-16-14-17-26(22-25)38-4)23(3)30-33-28-19-11-10-18-27(28)32(37)35(30)29-20-12-9-15-24(29)6-2/h9-12,14-20,22-23H,5-8,13,21H2,1-4H3. The SMILES string of the molecule is CCCCCCN(C(=O)c1cccc(OC)c1)C(C)c1nc2ccccc2c(=O)n1-c1ccccc1CC. The molecule has 1 atom stereocenters. The summed E-state index contributed by atoms with van der Waals surface area (Å²) in [7, 11) is 1.59. The number of unbranched alkanes of at least 4 members (excludes halogenated alkanes) is 3. The van der Waals surface area contributed by atoms with Gasteiger partial charge < -0.3 is 9.64 Å². The van der Waals surface area contributed by atoms with Crippen LogP contribution in [-0.4, -0.2) is 34.0 Å². The lowest BCUT2D eigenvalue weighted by molar-refractivity contribution is 0.0676. The van der Waals surface area contributed by atoms with Crippen LogP contribution >= 0.6 is 0 Å². The Balaban J connectivity index is 1.88. The van der Waals surface area contributed by atoms with Gasteiger partial charge in [0.1, 0.15) is 11.6 Å². The molecule has 0 aliphatic rings. The predicted octanol–water partition coefficient (Wildman–Crippen LogP) is 6.74. The van der Waals surface area contributed by atoms with Crippen LogP contribution in [-0.2, 0) is 6.42 Å². The maximum Gasteiger partial charge on any atom is 0.266 e. The molecular formula is C32H37N3O3. The van der Waals surface area contributed by atoms with E-state index < -0.39 is 6.04 Å². The van der Waals surface area contributed by atoms with Crippen LogP contribution in [0.25, 0.3) is 16.6 Å². The molecule has 0 bridgehead atoms. The summed E-state index contributed by atoms with van der Waals surface area (Å²) < 4.78 is 7.09. The highest BCUT2D eigenvalue weighted by atomic mass is 16.5. The van der Waals surface area contributed by atoms with Gasteiger partial charge in [-0.3, -0.25) is 14.2 Å². The van der Waals surface area contributed by atoms with Gasteiger partial charge in [0.2, 0.25) is 0 Å². The molecule has 38 heavy (non-hydrogen) atoms. The normalized spacial score (nSPS) is 11.9. The van der Waals surface area contributed by atoms with Crippen LogP contribution in [0.1, 0.15) is 74.2 Å². The van der Waals surface area contributed by atoms with Gasteiger partial charge in [-0.1, -0.05) is 69.5 Å². The van der Waals surface area contributed by atoms with Crippen molar-refractivity contribution >= 4 is 16.8 Å². The molecule has 1 heterocycles. The van der Waals surface area contributed by atoms with E-state index in [2.05, 4.69) is 13.8 Å². The average molecular weight is 512 g/mol. The molecule has 0 radical (unpaired) electrons. The summed E-state index contributed by atoms with van der Waals surface area (Å²) in [6, 6.07) is 22.1. The Morgan fingerprint density at radius 2 is 1.74 bits per heavy atom. The van der Waals surface area contributed by atoms with Crippen molar-refractivity contribution in [3.05, 3.63) is 100 Å². The number of nitrogens with zero attached hydrogens (tertiary/aromatic N) is 3. The number of methoxy groups -OCH3 is 1. The summed E-state index contributed by atoms with van der Waals surface area (Å²) in [5.41, 5.74) is 2.91. The Hall–Kier alpha value is -3.93. The van der Waals surface area contributed by atoms with Gasteiger partial charge in [-0.15, -0.1) is 0 Å². The smallest absolute Gasteiger partial charge is 0.266 e. The van der Waals surface area contributed by atoms with E-state index in [1.165, 1.54) is 0 Å². The number of amides is 1. The van der Waals surface area contributed by atoms with Gasteiger partial charge in [-0.05, 0) is 61.7 Å². The predicted molar refractivity (Wildman–Crippen MR) is 153 cm³/mol. The second-order valence-corrected chi connectivity index (χ2v) is 9.58. The lowest BCUT2D eigenvalue weighted by Crippen LogP contribution is -2.38. The van der Waals surface area contributed by atoms with Crippen molar-refractivity contribution in [1.29, 1.82) is 0 Å². The van der Waals surface area contributed by atoms with E-state index in [1.54, 1.807) is 17.7 Å². The second-order valence-electron chi connectivity index (χ2n) is 9.58. The fourth-order valence-electron chi connectivity index (χ4n) is 4.93. The van der Waals surface area contributed by atoms with Gasteiger partial charge in [-0.2, -0.15) is 0 Å². The van der Waals surface area contributed by atoms with E-state index in [0.717, 1.165) is 43.4 Å². The molecule has 4 rings (SSSR count). The third kappa shape index (κ3) is 5.64. The van der Waals surface area contributed by atoms with Crippen LogP contribution in [0.15, 0.2) is 77.6 Å². The maximum atomic E-state index is 14.0. The molecule has 1 aromatic heterocycles. The van der Waals surface area contributed by atoms with Crippen LogP contribution in [0.5, 0.6) is 5.75 Å². The first-order valence-electron chi connectivity index (χ1n) is 13.5. The zero-order chi connectivity index (χ0) is 27.1. The van der Waals surface area contributed by atoms with Gasteiger partial charge >= 0.3 is 0 Å². The molecule has 0 aliphatic heterocycles. The van der Waals surface area contributed by atoms with Gasteiger partial charge in [0.05, 0.1) is 29.7 Å². The minimum absolute atomic E-state index is 0.106. The Labute approximate surface area is 224 Å². The zero-order valence-corrected chi connectivity index (χ0v) is 22.8. The number of para-hydroxylation sites is 2. The number of aryl methyl sites for hydroxylation is 1. The van der Waals surface area contributed by atoms with E-state index in [9.17, 15) is 9.59 Å². The molecule has 0 saturated carbocycles. The Bertz CT molecular complexity index is 1460. The van der Waals surface area contributed by atoms with Crippen LogP contribution in [0, 0.1) is 0 Å². The highest BCUT2D eigenvalue weighted by Gasteiger charge is 2.28. The Morgan fingerprint density at radius 3 is 2.50 bits per heavy atom. The topological polar surface area (TPSA) is 64.4 Å². The first-order valence-corrected chi connectivity index (χ1v) is 13.5. The summed E-state index contributed by atoms with van der Waals surface area (Å²) in [4.78, 5) is 34.8. The van der Waals surface area contributed by atoms with Gasteiger partial charge in [-0.25, -0.2) is 4.98 Å². The number of aromatic nitrogens is 2. The molecule has 1 unspecified atom stereocenters. The molecule has 0 aliphatic carbocycles. The van der Waals surface area contributed by atoms with Crippen LogP contribution in [0.3, 0.4) is 0 Å². The number of benzene rings is 3. The minimum atomic E-state index is -0.447. The van der Waals surface area contributed by atoms with Crippen molar-refractivity contribution in [1.82, 2.24) is 14.5 Å². The lowest BCUT2D eigenvalue weighted by Gasteiger charge is -2.31. The number of carbonyl (C=O) groups is 1. The molecule has 0 saturated heterocycles. The van der Waals surface area contributed by atoms with Crippen molar-refractivity contribution in [3.8, 4) is 11.4 Å². The molecule has 1 amide bonds. The monoisotopic (exact) mass is 511 g/mol.